The molecule has 0 radical (unpaired) electrons. The Balaban J connectivity index is 1.33. The van der Waals surface area contributed by atoms with Crippen molar-refractivity contribution in [2.75, 3.05) is 18.0 Å². The third kappa shape index (κ3) is 4.53. The van der Waals surface area contributed by atoms with Crippen molar-refractivity contribution >= 4 is 29.1 Å². The largest absolute Gasteiger partial charge is 0.303 e. The molecule has 4 rings (SSSR count). The lowest BCUT2D eigenvalue weighted by atomic mass is 10.0. The predicted molar refractivity (Wildman–Crippen MR) is 115 cm³/mol. The van der Waals surface area contributed by atoms with Gasteiger partial charge in [-0.2, -0.15) is 0 Å². The number of rotatable bonds is 5. The van der Waals surface area contributed by atoms with E-state index in [4.69, 9.17) is 11.6 Å². The molecular formula is C23H26ClN3O2. The second kappa shape index (κ2) is 8.66. The van der Waals surface area contributed by atoms with Crippen LogP contribution in [0, 0.1) is 6.92 Å². The van der Waals surface area contributed by atoms with E-state index >= 15 is 0 Å². The molecule has 2 aromatic rings. The Morgan fingerprint density at radius 1 is 1.07 bits per heavy atom. The monoisotopic (exact) mass is 411 g/mol. The summed E-state index contributed by atoms with van der Waals surface area (Å²) in [4.78, 5) is 29.1. The Morgan fingerprint density at radius 2 is 1.79 bits per heavy atom. The molecule has 0 unspecified atom stereocenters. The maximum atomic E-state index is 12.9. The Labute approximate surface area is 176 Å². The SMILES string of the molecule is Cc1ccc(N2C(=O)C[C@H](NC3CCN(Cc4ccccc4)CC3)C2=O)cc1Cl. The highest BCUT2D eigenvalue weighted by molar-refractivity contribution is 6.32. The summed E-state index contributed by atoms with van der Waals surface area (Å²) >= 11 is 6.18. The van der Waals surface area contributed by atoms with Crippen LogP contribution in [-0.4, -0.2) is 41.9 Å². The molecule has 0 saturated carbocycles. The number of amides is 2. The highest BCUT2D eigenvalue weighted by atomic mass is 35.5. The second-order valence-corrected chi connectivity index (χ2v) is 8.37. The van der Waals surface area contributed by atoms with Crippen molar-refractivity contribution in [3.63, 3.8) is 0 Å². The summed E-state index contributed by atoms with van der Waals surface area (Å²) in [6, 6.07) is 15.6. The van der Waals surface area contributed by atoms with Crippen LogP contribution in [0.15, 0.2) is 48.5 Å². The van der Waals surface area contributed by atoms with Gasteiger partial charge in [0.2, 0.25) is 5.91 Å². The molecule has 2 fully saturated rings. The number of carbonyl (C=O) groups excluding carboxylic acids is 2. The van der Waals surface area contributed by atoms with Gasteiger partial charge in [0.25, 0.3) is 5.91 Å². The van der Waals surface area contributed by atoms with Gasteiger partial charge in [0.1, 0.15) is 0 Å². The number of hydrogen-bond donors (Lipinski definition) is 1. The number of piperidine rings is 1. The van der Waals surface area contributed by atoms with E-state index in [9.17, 15) is 9.59 Å². The van der Waals surface area contributed by atoms with Crippen LogP contribution in [0.4, 0.5) is 5.69 Å². The molecule has 0 bridgehead atoms. The molecule has 0 aliphatic carbocycles. The summed E-state index contributed by atoms with van der Waals surface area (Å²) in [5.74, 6) is -0.351. The average molecular weight is 412 g/mol. The van der Waals surface area contributed by atoms with Crippen LogP contribution < -0.4 is 10.2 Å². The van der Waals surface area contributed by atoms with Crippen LogP contribution in [0.5, 0.6) is 0 Å². The van der Waals surface area contributed by atoms with Crippen LogP contribution in [0.1, 0.15) is 30.4 Å². The van der Waals surface area contributed by atoms with Crippen molar-refractivity contribution in [2.24, 2.45) is 0 Å². The molecule has 2 aromatic carbocycles. The van der Waals surface area contributed by atoms with Crippen LogP contribution in [-0.2, 0) is 16.1 Å². The number of nitrogens with zero attached hydrogens (tertiary/aromatic N) is 2. The minimum Gasteiger partial charge on any atom is -0.303 e. The van der Waals surface area contributed by atoms with Crippen molar-refractivity contribution in [3.8, 4) is 0 Å². The van der Waals surface area contributed by atoms with Gasteiger partial charge in [-0.15, -0.1) is 0 Å². The van der Waals surface area contributed by atoms with Gasteiger partial charge >= 0.3 is 0 Å². The zero-order valence-corrected chi connectivity index (χ0v) is 17.4. The van der Waals surface area contributed by atoms with Gasteiger partial charge in [0.15, 0.2) is 0 Å². The Kier molecular flexibility index (Phi) is 5.99. The molecule has 1 N–H and O–H groups in total. The fraction of sp³-hybridized carbons (Fsp3) is 0.391. The summed E-state index contributed by atoms with van der Waals surface area (Å²) in [5, 5.41) is 4.00. The summed E-state index contributed by atoms with van der Waals surface area (Å²) < 4.78 is 0. The Morgan fingerprint density at radius 3 is 2.48 bits per heavy atom. The number of halogens is 1. The molecule has 2 aliphatic heterocycles. The van der Waals surface area contributed by atoms with Gasteiger partial charge in [-0.05, 0) is 56.1 Å². The summed E-state index contributed by atoms with van der Waals surface area (Å²) in [6.45, 7) is 4.82. The van der Waals surface area contributed by atoms with Crippen molar-refractivity contribution in [3.05, 3.63) is 64.7 Å². The average Bonchev–Trinajstić information content (AvgIpc) is 2.99. The number of anilines is 1. The first-order valence-electron chi connectivity index (χ1n) is 10.2. The molecule has 29 heavy (non-hydrogen) atoms. The minimum absolute atomic E-state index is 0.172. The molecule has 5 nitrogen and oxygen atoms in total. The van der Waals surface area contributed by atoms with E-state index in [0.29, 0.717) is 10.7 Å². The molecule has 0 aromatic heterocycles. The number of aryl methyl sites for hydroxylation is 1. The van der Waals surface area contributed by atoms with E-state index in [2.05, 4.69) is 34.5 Å². The van der Waals surface area contributed by atoms with E-state index in [1.807, 2.05) is 19.1 Å². The molecule has 6 heteroatoms. The summed E-state index contributed by atoms with van der Waals surface area (Å²) in [5.41, 5.74) is 2.80. The standard InChI is InChI=1S/C23H26ClN3O2/c1-16-7-8-19(13-20(16)24)27-22(28)14-21(23(27)29)25-18-9-11-26(12-10-18)15-17-5-3-2-4-6-17/h2-8,13,18,21,25H,9-12,14-15H2,1H3/t21-/m0/s1. The van der Waals surface area contributed by atoms with Crippen LogP contribution in [0.25, 0.3) is 0 Å². The van der Waals surface area contributed by atoms with E-state index in [0.717, 1.165) is 38.0 Å². The lowest BCUT2D eigenvalue weighted by molar-refractivity contribution is -0.121. The number of benzene rings is 2. The predicted octanol–water partition coefficient (Wildman–Crippen LogP) is 3.53. The number of imide groups is 1. The van der Waals surface area contributed by atoms with Crippen molar-refractivity contribution in [1.29, 1.82) is 0 Å². The number of likely N-dealkylation sites (tertiary alicyclic amines) is 1. The number of carbonyl (C=O) groups is 2. The maximum absolute atomic E-state index is 12.9. The lowest BCUT2D eigenvalue weighted by Gasteiger charge is -2.33. The Hall–Kier alpha value is -2.21. The van der Waals surface area contributed by atoms with E-state index < -0.39 is 6.04 Å². The number of nitrogens with one attached hydrogen (secondary N) is 1. The topological polar surface area (TPSA) is 52.7 Å². The van der Waals surface area contributed by atoms with Gasteiger partial charge in [-0.25, -0.2) is 4.90 Å². The first kappa shape index (κ1) is 20.1. The first-order chi connectivity index (χ1) is 14.0. The van der Waals surface area contributed by atoms with Crippen molar-refractivity contribution in [2.45, 2.75) is 44.8 Å². The zero-order chi connectivity index (χ0) is 20.4. The fourth-order valence-corrected chi connectivity index (χ4v) is 4.31. The van der Waals surface area contributed by atoms with Crippen molar-refractivity contribution < 1.29 is 9.59 Å². The second-order valence-electron chi connectivity index (χ2n) is 7.96. The van der Waals surface area contributed by atoms with Gasteiger partial charge in [0.05, 0.1) is 18.2 Å². The lowest BCUT2D eigenvalue weighted by Crippen LogP contribution is -2.48. The molecule has 2 amide bonds. The quantitative estimate of drug-likeness (QED) is 0.764. The third-order valence-corrected chi connectivity index (χ3v) is 6.24. The van der Waals surface area contributed by atoms with Gasteiger partial charge in [-0.3, -0.25) is 14.5 Å². The maximum Gasteiger partial charge on any atom is 0.251 e. The molecule has 152 valence electrons. The Bertz CT molecular complexity index is 894. The fourth-order valence-electron chi connectivity index (χ4n) is 4.14. The number of hydrogen-bond acceptors (Lipinski definition) is 4. The smallest absolute Gasteiger partial charge is 0.251 e. The minimum atomic E-state index is -0.451. The van der Waals surface area contributed by atoms with E-state index in [1.165, 1.54) is 10.5 Å². The highest BCUT2D eigenvalue weighted by Gasteiger charge is 2.40. The third-order valence-electron chi connectivity index (χ3n) is 5.83. The van der Waals surface area contributed by atoms with Crippen LogP contribution >= 0.6 is 11.6 Å². The normalized spacial score (nSPS) is 21.2. The van der Waals surface area contributed by atoms with Crippen LogP contribution in [0.3, 0.4) is 0 Å². The van der Waals surface area contributed by atoms with E-state index in [-0.39, 0.29) is 24.3 Å². The zero-order valence-electron chi connectivity index (χ0n) is 16.6. The van der Waals surface area contributed by atoms with Crippen molar-refractivity contribution in [1.82, 2.24) is 10.2 Å². The van der Waals surface area contributed by atoms with Gasteiger partial charge < -0.3 is 5.32 Å². The van der Waals surface area contributed by atoms with E-state index in [1.54, 1.807) is 12.1 Å². The molecule has 2 heterocycles. The molecule has 2 saturated heterocycles. The summed E-state index contributed by atoms with van der Waals surface area (Å²) in [6.07, 6.45) is 2.15. The molecule has 1 atom stereocenters. The van der Waals surface area contributed by atoms with Gasteiger partial charge in [-0.1, -0.05) is 48.0 Å². The first-order valence-corrected chi connectivity index (χ1v) is 10.5. The van der Waals surface area contributed by atoms with Gasteiger partial charge in [0, 0.05) is 17.6 Å². The molecule has 2 aliphatic rings. The molecule has 0 spiro atoms. The highest BCUT2D eigenvalue weighted by Crippen LogP contribution is 2.28. The molecular weight excluding hydrogens is 386 g/mol. The van der Waals surface area contributed by atoms with Crippen LogP contribution in [0.2, 0.25) is 5.02 Å². The summed E-state index contributed by atoms with van der Waals surface area (Å²) in [7, 11) is 0.